The minimum Gasteiger partial charge on any atom is -0.493 e. The van der Waals surface area contributed by atoms with Gasteiger partial charge < -0.3 is 23.9 Å². The van der Waals surface area contributed by atoms with Crippen LogP contribution in [0.15, 0.2) is 47.3 Å². The second-order valence-corrected chi connectivity index (χ2v) is 6.63. The molecule has 0 saturated carbocycles. The summed E-state index contributed by atoms with van der Waals surface area (Å²) in [5.41, 5.74) is 0.952. The normalized spacial score (nSPS) is 13.9. The molecular weight excluding hydrogens is 388 g/mol. The number of hydrogen-bond acceptors (Lipinski definition) is 7. The Morgan fingerprint density at radius 3 is 2.87 bits per heavy atom. The number of benzene rings is 2. The number of hydrogen-bond donors (Lipinski definition) is 1. The van der Waals surface area contributed by atoms with E-state index < -0.39 is 12.1 Å². The summed E-state index contributed by atoms with van der Waals surface area (Å²) >= 11 is 0. The Morgan fingerprint density at radius 1 is 1.23 bits per heavy atom. The van der Waals surface area contributed by atoms with E-state index in [-0.39, 0.29) is 11.4 Å². The predicted octanol–water partition coefficient (Wildman–Crippen LogP) is 3.02. The van der Waals surface area contributed by atoms with E-state index in [1.165, 1.54) is 13.2 Å². The lowest BCUT2D eigenvalue weighted by Crippen LogP contribution is -2.16. The van der Waals surface area contributed by atoms with Gasteiger partial charge in [0.2, 0.25) is 5.75 Å². The zero-order valence-electron chi connectivity index (χ0n) is 16.5. The first-order chi connectivity index (χ1) is 14.5. The molecule has 1 atom stereocenters. The summed E-state index contributed by atoms with van der Waals surface area (Å²) in [4.78, 5) is 31.5. The van der Waals surface area contributed by atoms with Crippen molar-refractivity contribution in [2.75, 3.05) is 20.3 Å². The van der Waals surface area contributed by atoms with Crippen LogP contribution in [0.25, 0.3) is 17.0 Å². The average Bonchev–Trinajstić information content (AvgIpc) is 2.77. The van der Waals surface area contributed by atoms with Crippen LogP contribution >= 0.6 is 0 Å². The third-order valence-electron chi connectivity index (χ3n) is 4.57. The SMILES string of the molecule is COc1cc(/C=C/C(=O)O[C@@H](C)c2nc3ccccc3c(=O)[nH]2)cc2c1OCCO2. The number of aromatic nitrogens is 2. The molecule has 30 heavy (non-hydrogen) atoms. The van der Waals surface area contributed by atoms with Crippen LogP contribution in [-0.2, 0) is 9.53 Å². The maximum Gasteiger partial charge on any atom is 0.331 e. The fourth-order valence-electron chi connectivity index (χ4n) is 3.12. The van der Waals surface area contributed by atoms with E-state index in [4.69, 9.17) is 18.9 Å². The summed E-state index contributed by atoms with van der Waals surface area (Å²) < 4.78 is 21.9. The molecule has 2 heterocycles. The van der Waals surface area contributed by atoms with Crippen molar-refractivity contribution < 1.29 is 23.7 Å². The van der Waals surface area contributed by atoms with Gasteiger partial charge in [-0.3, -0.25) is 4.79 Å². The number of nitrogens with zero attached hydrogens (tertiary/aromatic N) is 1. The maximum absolute atomic E-state index is 12.3. The molecule has 1 aliphatic heterocycles. The number of para-hydroxylation sites is 1. The average molecular weight is 408 g/mol. The van der Waals surface area contributed by atoms with Gasteiger partial charge in [-0.05, 0) is 42.8 Å². The second-order valence-electron chi connectivity index (χ2n) is 6.63. The number of methoxy groups -OCH3 is 1. The van der Waals surface area contributed by atoms with Gasteiger partial charge in [0.05, 0.1) is 18.0 Å². The van der Waals surface area contributed by atoms with E-state index >= 15 is 0 Å². The topological polar surface area (TPSA) is 99.7 Å². The van der Waals surface area contributed by atoms with Gasteiger partial charge in [-0.25, -0.2) is 9.78 Å². The molecule has 2 aromatic carbocycles. The highest BCUT2D eigenvalue weighted by Crippen LogP contribution is 2.40. The van der Waals surface area contributed by atoms with Gasteiger partial charge in [0.1, 0.15) is 13.2 Å². The van der Waals surface area contributed by atoms with Crippen molar-refractivity contribution in [1.29, 1.82) is 0 Å². The summed E-state index contributed by atoms with van der Waals surface area (Å²) in [7, 11) is 1.54. The minimum atomic E-state index is -0.728. The van der Waals surface area contributed by atoms with E-state index in [2.05, 4.69) is 9.97 Å². The molecule has 1 N–H and O–H groups in total. The third kappa shape index (κ3) is 3.98. The number of rotatable bonds is 5. The smallest absolute Gasteiger partial charge is 0.331 e. The summed E-state index contributed by atoms with van der Waals surface area (Å²) in [6, 6.07) is 10.5. The van der Waals surface area contributed by atoms with Gasteiger partial charge in [-0.2, -0.15) is 0 Å². The van der Waals surface area contributed by atoms with Crippen molar-refractivity contribution >= 4 is 22.9 Å². The fraction of sp³-hybridized carbons (Fsp3) is 0.227. The fourth-order valence-corrected chi connectivity index (χ4v) is 3.12. The van der Waals surface area contributed by atoms with Crippen molar-refractivity contribution in [1.82, 2.24) is 9.97 Å². The number of carbonyl (C=O) groups is 1. The van der Waals surface area contributed by atoms with Crippen molar-refractivity contribution in [2.45, 2.75) is 13.0 Å². The molecule has 1 aliphatic rings. The van der Waals surface area contributed by atoms with Gasteiger partial charge in [-0.15, -0.1) is 0 Å². The summed E-state index contributed by atoms with van der Waals surface area (Å²) in [5, 5.41) is 0.479. The Hall–Kier alpha value is -3.81. The number of aromatic amines is 1. The van der Waals surface area contributed by atoms with Crippen LogP contribution < -0.4 is 19.8 Å². The summed E-state index contributed by atoms with van der Waals surface area (Å²) in [6.45, 7) is 2.54. The van der Waals surface area contributed by atoms with Crippen molar-refractivity contribution in [3.63, 3.8) is 0 Å². The van der Waals surface area contributed by atoms with Gasteiger partial charge in [0.25, 0.3) is 5.56 Å². The maximum atomic E-state index is 12.3. The van der Waals surface area contributed by atoms with Crippen molar-refractivity contribution in [2.24, 2.45) is 0 Å². The summed E-state index contributed by atoms with van der Waals surface area (Å²) in [6.07, 6.45) is 2.15. The van der Waals surface area contributed by atoms with Crippen LogP contribution in [0.5, 0.6) is 17.2 Å². The molecule has 8 nitrogen and oxygen atoms in total. The van der Waals surface area contributed by atoms with Gasteiger partial charge >= 0.3 is 5.97 Å². The van der Waals surface area contributed by atoms with Crippen LogP contribution in [0.2, 0.25) is 0 Å². The van der Waals surface area contributed by atoms with Gasteiger partial charge in [0.15, 0.2) is 23.4 Å². The Bertz CT molecular complexity index is 1170. The minimum absolute atomic E-state index is 0.279. The van der Waals surface area contributed by atoms with Crippen LogP contribution in [-0.4, -0.2) is 36.3 Å². The van der Waals surface area contributed by atoms with Crippen LogP contribution in [0.1, 0.15) is 24.4 Å². The Labute approximate surface area is 172 Å². The molecule has 0 amide bonds. The number of ether oxygens (including phenoxy) is 4. The van der Waals surface area contributed by atoms with E-state index in [0.29, 0.717) is 46.9 Å². The molecule has 0 bridgehead atoms. The molecule has 0 fully saturated rings. The molecule has 4 rings (SSSR count). The van der Waals surface area contributed by atoms with Crippen molar-refractivity contribution in [3.8, 4) is 17.2 Å². The molecular formula is C22H20N2O6. The standard InChI is InChI=1S/C22H20N2O6/c1-13(21-23-16-6-4-3-5-15(16)22(26)24-21)30-19(25)8-7-14-11-17(27-2)20-18(12-14)28-9-10-29-20/h3-8,11-13H,9-10H2,1-2H3,(H,23,24,26)/b8-7+/t13-/m0/s1. The largest absolute Gasteiger partial charge is 0.493 e. The molecule has 3 aromatic rings. The van der Waals surface area contributed by atoms with Gasteiger partial charge in [-0.1, -0.05) is 12.1 Å². The molecule has 0 radical (unpaired) electrons. The highest BCUT2D eigenvalue weighted by molar-refractivity contribution is 5.87. The van der Waals surface area contributed by atoms with Crippen LogP contribution in [0, 0.1) is 0 Å². The molecule has 8 heteroatoms. The number of fused-ring (bicyclic) bond motifs is 2. The predicted molar refractivity (Wildman–Crippen MR) is 110 cm³/mol. The Morgan fingerprint density at radius 2 is 2.03 bits per heavy atom. The highest BCUT2D eigenvalue weighted by Gasteiger charge is 2.18. The lowest BCUT2D eigenvalue weighted by Gasteiger charge is -2.20. The lowest BCUT2D eigenvalue weighted by atomic mass is 10.1. The van der Waals surface area contributed by atoms with Crippen LogP contribution in [0.4, 0.5) is 0 Å². The number of nitrogens with one attached hydrogen (secondary N) is 1. The highest BCUT2D eigenvalue weighted by atomic mass is 16.6. The second kappa shape index (κ2) is 8.28. The molecule has 154 valence electrons. The van der Waals surface area contributed by atoms with Gasteiger partial charge in [0, 0.05) is 6.08 Å². The van der Waals surface area contributed by atoms with E-state index in [1.54, 1.807) is 49.4 Å². The van der Waals surface area contributed by atoms with E-state index in [1.807, 2.05) is 0 Å². The molecule has 0 saturated heterocycles. The molecule has 0 aliphatic carbocycles. The third-order valence-corrected chi connectivity index (χ3v) is 4.57. The zero-order valence-corrected chi connectivity index (χ0v) is 16.5. The summed E-state index contributed by atoms with van der Waals surface area (Å²) in [5.74, 6) is 1.32. The zero-order chi connectivity index (χ0) is 21.1. The lowest BCUT2D eigenvalue weighted by molar-refractivity contribution is -0.142. The van der Waals surface area contributed by atoms with E-state index in [0.717, 1.165) is 0 Å². The number of H-pyrrole nitrogens is 1. The first kappa shape index (κ1) is 19.5. The number of esters is 1. The Kier molecular flexibility index (Phi) is 5.38. The monoisotopic (exact) mass is 408 g/mol. The van der Waals surface area contributed by atoms with Crippen molar-refractivity contribution in [3.05, 3.63) is 64.2 Å². The first-order valence-corrected chi connectivity index (χ1v) is 9.40. The molecule has 0 unspecified atom stereocenters. The number of carbonyl (C=O) groups excluding carboxylic acids is 1. The van der Waals surface area contributed by atoms with Crippen LogP contribution in [0.3, 0.4) is 0 Å². The first-order valence-electron chi connectivity index (χ1n) is 9.40. The van der Waals surface area contributed by atoms with E-state index in [9.17, 15) is 9.59 Å². The molecule has 0 spiro atoms. The Balaban J connectivity index is 1.49. The molecule has 1 aromatic heterocycles. The quantitative estimate of drug-likeness (QED) is 0.512.